The molecule has 2 aromatic heterocycles. The molecule has 0 aliphatic rings. The van der Waals surface area contributed by atoms with Crippen LogP contribution < -0.4 is 5.73 Å². The van der Waals surface area contributed by atoms with E-state index >= 15 is 0 Å². The Balaban J connectivity index is 2.26. The molecule has 0 bridgehead atoms. The highest BCUT2D eigenvalue weighted by atomic mass is 79.9. The first kappa shape index (κ1) is 13.9. The minimum atomic E-state index is 0.241. The van der Waals surface area contributed by atoms with Crippen LogP contribution in [-0.4, -0.2) is 5.16 Å². The Hall–Kier alpha value is -1.01. The van der Waals surface area contributed by atoms with Crippen LogP contribution in [0.25, 0.3) is 22.4 Å². The number of hydrogen-bond acceptors (Lipinski definition) is 4. The molecule has 0 fully saturated rings. The molecule has 0 unspecified atom stereocenters. The number of halogens is 3. The Morgan fingerprint density at radius 3 is 2.60 bits per heavy atom. The summed E-state index contributed by atoms with van der Waals surface area (Å²) in [6, 6.07) is 9.45. The van der Waals surface area contributed by atoms with Gasteiger partial charge in [0.2, 0.25) is 5.88 Å². The fourth-order valence-electron chi connectivity index (χ4n) is 1.91. The third-order valence-electron chi connectivity index (χ3n) is 2.77. The van der Waals surface area contributed by atoms with E-state index in [0.29, 0.717) is 25.5 Å². The number of hydrogen-bond donors (Lipinski definition) is 1. The predicted molar refractivity (Wildman–Crippen MR) is 87.4 cm³/mol. The molecule has 0 spiro atoms. The molecule has 0 amide bonds. The SMILES string of the molecule is Nc1onc(-c2cc(Cl)sc2Cl)c1-c1ccccc1Br. The molecule has 2 N–H and O–H groups in total. The van der Waals surface area contributed by atoms with Crippen molar-refractivity contribution in [3.05, 3.63) is 43.5 Å². The van der Waals surface area contributed by atoms with Crippen LogP contribution in [0.3, 0.4) is 0 Å². The summed E-state index contributed by atoms with van der Waals surface area (Å²) in [6.45, 7) is 0. The van der Waals surface area contributed by atoms with Crippen LogP contribution in [-0.2, 0) is 0 Å². The van der Waals surface area contributed by atoms with E-state index in [1.165, 1.54) is 11.3 Å². The molecule has 2 heterocycles. The molecule has 0 saturated carbocycles. The van der Waals surface area contributed by atoms with Crippen LogP contribution in [0.1, 0.15) is 0 Å². The molecule has 3 aromatic rings. The number of benzene rings is 1. The van der Waals surface area contributed by atoms with Crippen LogP contribution in [0.4, 0.5) is 5.88 Å². The van der Waals surface area contributed by atoms with Gasteiger partial charge >= 0.3 is 0 Å². The third kappa shape index (κ3) is 2.35. The first-order valence-electron chi connectivity index (χ1n) is 5.53. The first-order valence-corrected chi connectivity index (χ1v) is 7.89. The summed E-state index contributed by atoms with van der Waals surface area (Å²) in [6.07, 6.45) is 0. The second kappa shape index (κ2) is 5.41. The van der Waals surface area contributed by atoms with E-state index in [9.17, 15) is 0 Å². The summed E-state index contributed by atoms with van der Waals surface area (Å²) in [5.74, 6) is 0.241. The zero-order valence-electron chi connectivity index (χ0n) is 9.86. The number of nitrogens with two attached hydrogens (primary N) is 1. The highest BCUT2D eigenvalue weighted by molar-refractivity contribution is 9.10. The predicted octanol–water partition coefficient (Wildman–Crippen LogP) is 5.72. The largest absolute Gasteiger partial charge is 0.367 e. The fraction of sp³-hybridized carbons (Fsp3) is 0. The summed E-state index contributed by atoms with van der Waals surface area (Å²) < 4.78 is 7.17. The van der Waals surface area contributed by atoms with Crippen LogP contribution >= 0.6 is 50.5 Å². The molecule has 3 nitrogen and oxygen atoms in total. The minimum absolute atomic E-state index is 0.241. The van der Waals surface area contributed by atoms with Gasteiger partial charge in [0.05, 0.1) is 9.90 Å². The topological polar surface area (TPSA) is 52.0 Å². The second-order valence-electron chi connectivity index (χ2n) is 3.99. The van der Waals surface area contributed by atoms with Gasteiger partial charge in [-0.25, -0.2) is 0 Å². The summed E-state index contributed by atoms with van der Waals surface area (Å²) in [5, 5.41) is 4.02. The van der Waals surface area contributed by atoms with Crippen molar-refractivity contribution in [1.82, 2.24) is 5.16 Å². The van der Waals surface area contributed by atoms with Crippen LogP contribution in [0.2, 0.25) is 8.67 Å². The Kier molecular flexibility index (Phi) is 3.77. The number of rotatable bonds is 2. The molecular weight excluding hydrogens is 383 g/mol. The van der Waals surface area contributed by atoms with Gasteiger partial charge in [0.15, 0.2) is 0 Å². The van der Waals surface area contributed by atoms with Gasteiger partial charge in [-0.1, -0.05) is 62.5 Å². The molecule has 3 rings (SSSR count). The number of nitrogens with zero attached hydrogens (tertiary/aromatic N) is 1. The lowest BCUT2D eigenvalue weighted by Gasteiger charge is -2.04. The normalized spacial score (nSPS) is 10.9. The maximum absolute atomic E-state index is 6.19. The van der Waals surface area contributed by atoms with Gasteiger partial charge in [0.25, 0.3) is 0 Å². The molecule has 7 heteroatoms. The van der Waals surface area contributed by atoms with Crippen molar-refractivity contribution in [1.29, 1.82) is 0 Å². The van der Waals surface area contributed by atoms with Gasteiger partial charge in [0, 0.05) is 15.6 Å². The number of aromatic nitrogens is 1. The summed E-state index contributed by atoms with van der Waals surface area (Å²) in [5.41, 5.74) is 8.81. The molecule has 0 saturated heterocycles. The fourth-order valence-corrected chi connectivity index (χ4v) is 3.86. The monoisotopic (exact) mass is 388 g/mol. The molecule has 0 radical (unpaired) electrons. The van der Waals surface area contributed by atoms with Crippen LogP contribution in [0.5, 0.6) is 0 Å². The summed E-state index contributed by atoms with van der Waals surface area (Å²) in [4.78, 5) is 0. The smallest absolute Gasteiger partial charge is 0.230 e. The van der Waals surface area contributed by atoms with E-state index in [2.05, 4.69) is 21.1 Å². The van der Waals surface area contributed by atoms with Crippen molar-refractivity contribution in [2.24, 2.45) is 0 Å². The molecule has 0 aliphatic carbocycles. The van der Waals surface area contributed by atoms with Gasteiger partial charge in [0.1, 0.15) is 10.0 Å². The van der Waals surface area contributed by atoms with Crippen LogP contribution in [0, 0.1) is 0 Å². The first-order chi connectivity index (χ1) is 9.58. The van der Waals surface area contributed by atoms with E-state index in [-0.39, 0.29) is 5.88 Å². The van der Waals surface area contributed by atoms with Gasteiger partial charge < -0.3 is 10.3 Å². The zero-order chi connectivity index (χ0) is 14.3. The quantitative estimate of drug-likeness (QED) is 0.609. The van der Waals surface area contributed by atoms with Crippen molar-refractivity contribution in [3.63, 3.8) is 0 Å². The molecule has 0 atom stereocenters. The third-order valence-corrected chi connectivity index (χ3v) is 4.95. The van der Waals surface area contributed by atoms with Crippen molar-refractivity contribution >= 4 is 56.4 Å². The Bertz CT molecular complexity index is 785. The van der Waals surface area contributed by atoms with Crippen molar-refractivity contribution in [2.75, 3.05) is 5.73 Å². The standard InChI is InChI=1S/C13H7BrCl2N2OS/c14-8-4-2-1-3-6(8)10-11(18-19-13(10)17)7-5-9(15)20-12(7)16/h1-5H,17H2. The lowest BCUT2D eigenvalue weighted by Crippen LogP contribution is -1.88. The lowest BCUT2D eigenvalue weighted by atomic mass is 10.0. The maximum Gasteiger partial charge on any atom is 0.230 e. The lowest BCUT2D eigenvalue weighted by molar-refractivity contribution is 0.439. The number of nitrogen functional groups attached to an aromatic ring is 1. The van der Waals surface area contributed by atoms with Gasteiger partial charge in [-0.15, -0.1) is 11.3 Å². The highest BCUT2D eigenvalue weighted by Gasteiger charge is 2.22. The summed E-state index contributed by atoms with van der Waals surface area (Å²) in [7, 11) is 0. The van der Waals surface area contributed by atoms with Crippen molar-refractivity contribution < 1.29 is 4.52 Å². The van der Waals surface area contributed by atoms with Crippen molar-refractivity contribution in [2.45, 2.75) is 0 Å². The van der Waals surface area contributed by atoms with Gasteiger partial charge in [-0.2, -0.15) is 0 Å². The molecule has 1 aromatic carbocycles. The second-order valence-corrected chi connectivity index (χ2v) is 7.13. The van der Waals surface area contributed by atoms with Gasteiger partial charge in [-0.05, 0) is 12.1 Å². The van der Waals surface area contributed by atoms with E-state index in [1.807, 2.05) is 24.3 Å². The molecular formula is C13H7BrCl2N2OS. The Labute approximate surface area is 137 Å². The van der Waals surface area contributed by atoms with Crippen LogP contribution in [0.15, 0.2) is 39.3 Å². The number of anilines is 1. The Morgan fingerprint density at radius 2 is 1.95 bits per heavy atom. The number of thiophene rings is 1. The highest BCUT2D eigenvalue weighted by Crippen LogP contribution is 2.44. The summed E-state index contributed by atoms with van der Waals surface area (Å²) >= 11 is 17.0. The average Bonchev–Trinajstić information content (AvgIpc) is 2.93. The average molecular weight is 390 g/mol. The van der Waals surface area contributed by atoms with Crippen molar-refractivity contribution in [3.8, 4) is 22.4 Å². The van der Waals surface area contributed by atoms with E-state index in [1.54, 1.807) is 6.07 Å². The molecule has 0 aliphatic heterocycles. The van der Waals surface area contributed by atoms with E-state index in [4.69, 9.17) is 33.5 Å². The maximum atomic E-state index is 6.19. The van der Waals surface area contributed by atoms with Gasteiger partial charge in [-0.3, -0.25) is 0 Å². The Morgan fingerprint density at radius 1 is 1.20 bits per heavy atom. The van der Waals surface area contributed by atoms with E-state index in [0.717, 1.165) is 10.0 Å². The zero-order valence-corrected chi connectivity index (χ0v) is 13.8. The molecule has 102 valence electrons. The molecule has 20 heavy (non-hydrogen) atoms. The van der Waals surface area contributed by atoms with E-state index < -0.39 is 0 Å². The minimum Gasteiger partial charge on any atom is -0.367 e.